The number of hydrogen-bond donors (Lipinski definition) is 0. The Kier molecular flexibility index (Phi) is 4.90. The van der Waals surface area contributed by atoms with Gasteiger partial charge in [-0.15, -0.1) is 11.3 Å². The van der Waals surface area contributed by atoms with E-state index in [2.05, 4.69) is 9.97 Å². The van der Waals surface area contributed by atoms with Crippen molar-refractivity contribution in [1.29, 1.82) is 0 Å². The average Bonchev–Trinajstić information content (AvgIpc) is 3.29. The van der Waals surface area contributed by atoms with E-state index in [0.717, 1.165) is 15.9 Å². The molecule has 0 radical (unpaired) electrons. The van der Waals surface area contributed by atoms with Gasteiger partial charge >= 0.3 is 0 Å². The molecule has 1 aliphatic heterocycles. The molecule has 1 amide bonds. The summed E-state index contributed by atoms with van der Waals surface area (Å²) in [5.74, 6) is -0.706. The van der Waals surface area contributed by atoms with Crippen LogP contribution >= 0.6 is 11.3 Å². The number of carbonyl (C=O) groups excluding carboxylic acids is 1. The number of thiazole rings is 1. The molecule has 0 saturated carbocycles. The average molecular weight is 383 g/mol. The minimum Gasteiger partial charge on any atom is -0.348 e. The molecular weight excluding hydrogens is 362 g/mol. The number of ether oxygens (including phenoxy) is 2. The molecule has 0 spiro atoms. The Morgan fingerprint density at radius 2 is 2.19 bits per heavy atom. The van der Waals surface area contributed by atoms with Crippen LogP contribution < -0.4 is 0 Å². The number of rotatable bonds is 5. The zero-order valence-corrected chi connectivity index (χ0v) is 16.1. The van der Waals surface area contributed by atoms with E-state index in [1.165, 1.54) is 11.3 Å². The van der Waals surface area contributed by atoms with Crippen molar-refractivity contribution in [2.24, 2.45) is 0 Å². The van der Waals surface area contributed by atoms with Gasteiger partial charge in [0.05, 0.1) is 30.8 Å². The van der Waals surface area contributed by atoms with Crippen LogP contribution in [0.1, 0.15) is 29.2 Å². The fourth-order valence-corrected chi connectivity index (χ4v) is 3.81. The number of benzene rings is 1. The highest BCUT2D eigenvalue weighted by Gasteiger charge is 2.34. The number of aromatic nitrogens is 2. The minimum atomic E-state index is -0.620. The van der Waals surface area contributed by atoms with Gasteiger partial charge in [0.1, 0.15) is 11.1 Å². The third-order valence-corrected chi connectivity index (χ3v) is 5.19. The zero-order valence-electron chi connectivity index (χ0n) is 15.3. The van der Waals surface area contributed by atoms with Crippen molar-refractivity contribution in [1.82, 2.24) is 14.9 Å². The zero-order chi connectivity index (χ0) is 18.9. The van der Waals surface area contributed by atoms with E-state index in [1.807, 2.05) is 49.6 Å². The molecule has 7 heteroatoms. The van der Waals surface area contributed by atoms with Gasteiger partial charge in [-0.25, -0.2) is 4.98 Å². The van der Waals surface area contributed by atoms with E-state index in [0.29, 0.717) is 25.3 Å². The summed E-state index contributed by atoms with van der Waals surface area (Å²) in [5, 5.41) is 3.74. The number of amides is 1. The summed E-state index contributed by atoms with van der Waals surface area (Å²) in [5.41, 5.74) is 1.43. The lowest BCUT2D eigenvalue weighted by molar-refractivity contribution is -0.139. The molecule has 3 heterocycles. The maximum absolute atomic E-state index is 13.2. The van der Waals surface area contributed by atoms with Crippen LogP contribution in [0, 0.1) is 0 Å². The summed E-state index contributed by atoms with van der Waals surface area (Å²) in [6.07, 6.45) is 3.21. The van der Waals surface area contributed by atoms with Crippen molar-refractivity contribution < 1.29 is 14.3 Å². The number of fused-ring (bicyclic) bond motifs is 1. The molecule has 0 unspecified atom stereocenters. The first-order chi connectivity index (χ1) is 13.0. The predicted octanol–water partition coefficient (Wildman–Crippen LogP) is 3.49. The molecule has 1 aromatic carbocycles. The summed E-state index contributed by atoms with van der Waals surface area (Å²) < 4.78 is 11.6. The smallest absolute Gasteiger partial charge is 0.255 e. The van der Waals surface area contributed by atoms with Gasteiger partial charge in [-0.3, -0.25) is 9.78 Å². The normalized spacial score (nSPS) is 18.7. The summed E-state index contributed by atoms with van der Waals surface area (Å²) in [4.78, 5) is 23.7. The van der Waals surface area contributed by atoms with Gasteiger partial charge < -0.3 is 14.4 Å². The number of carbonyl (C=O) groups is 1. The van der Waals surface area contributed by atoms with Crippen molar-refractivity contribution in [3.05, 3.63) is 58.7 Å². The lowest BCUT2D eigenvalue weighted by atomic mass is 10.1. The van der Waals surface area contributed by atoms with Crippen LogP contribution in [-0.2, 0) is 16.0 Å². The summed E-state index contributed by atoms with van der Waals surface area (Å²) in [7, 11) is 0. The summed E-state index contributed by atoms with van der Waals surface area (Å²) in [6, 6.07) is 9.65. The fraction of sp³-hybridized carbons (Fsp3) is 0.350. The van der Waals surface area contributed by atoms with Crippen LogP contribution in [0.25, 0.3) is 10.9 Å². The van der Waals surface area contributed by atoms with Gasteiger partial charge in [0.25, 0.3) is 5.91 Å². The van der Waals surface area contributed by atoms with E-state index in [-0.39, 0.29) is 12.0 Å². The van der Waals surface area contributed by atoms with Crippen LogP contribution in [0.3, 0.4) is 0 Å². The molecule has 0 aliphatic carbocycles. The van der Waals surface area contributed by atoms with Crippen molar-refractivity contribution in [3.63, 3.8) is 0 Å². The highest BCUT2D eigenvalue weighted by Crippen LogP contribution is 2.24. The molecule has 27 heavy (non-hydrogen) atoms. The quantitative estimate of drug-likeness (QED) is 0.675. The highest BCUT2D eigenvalue weighted by molar-refractivity contribution is 7.09. The Morgan fingerprint density at radius 3 is 2.93 bits per heavy atom. The van der Waals surface area contributed by atoms with Crippen molar-refractivity contribution in [3.8, 4) is 0 Å². The number of nitrogens with zero attached hydrogens (tertiary/aromatic N) is 3. The first-order valence-corrected chi connectivity index (χ1v) is 9.72. The summed E-state index contributed by atoms with van der Waals surface area (Å²) >= 11 is 1.53. The second kappa shape index (κ2) is 7.34. The molecule has 140 valence electrons. The van der Waals surface area contributed by atoms with Gasteiger partial charge in [-0.05, 0) is 26.0 Å². The lowest BCUT2D eigenvalue weighted by Crippen LogP contribution is -2.38. The van der Waals surface area contributed by atoms with Crippen LogP contribution in [0.5, 0.6) is 0 Å². The fourth-order valence-electron chi connectivity index (χ4n) is 3.18. The molecule has 1 atom stereocenters. The molecule has 6 nitrogen and oxygen atoms in total. The first-order valence-electron chi connectivity index (χ1n) is 8.84. The molecule has 1 saturated heterocycles. The van der Waals surface area contributed by atoms with Gasteiger partial charge in [-0.1, -0.05) is 18.2 Å². The first kappa shape index (κ1) is 18.0. The maximum Gasteiger partial charge on any atom is 0.255 e. The van der Waals surface area contributed by atoms with Gasteiger partial charge in [-0.2, -0.15) is 0 Å². The van der Waals surface area contributed by atoms with Crippen molar-refractivity contribution in [2.45, 2.75) is 32.3 Å². The lowest BCUT2D eigenvalue weighted by Gasteiger charge is -2.25. The van der Waals surface area contributed by atoms with E-state index in [9.17, 15) is 4.79 Å². The number of hydrogen-bond acceptors (Lipinski definition) is 6. The Morgan fingerprint density at radius 1 is 1.33 bits per heavy atom. The van der Waals surface area contributed by atoms with Crippen molar-refractivity contribution in [2.75, 3.05) is 13.2 Å². The van der Waals surface area contributed by atoms with E-state index >= 15 is 0 Å². The Hall–Kier alpha value is -2.35. The monoisotopic (exact) mass is 383 g/mol. The molecule has 3 aromatic rings. The van der Waals surface area contributed by atoms with Gasteiger partial charge in [0.2, 0.25) is 0 Å². The van der Waals surface area contributed by atoms with Crippen LogP contribution in [-0.4, -0.2) is 45.8 Å². The third kappa shape index (κ3) is 4.16. The number of pyridine rings is 1. The third-order valence-electron chi connectivity index (χ3n) is 4.43. The second-order valence-corrected chi connectivity index (χ2v) is 7.96. The molecule has 0 N–H and O–H groups in total. The molecule has 1 fully saturated rings. The topological polar surface area (TPSA) is 64.5 Å². The van der Waals surface area contributed by atoms with E-state index in [1.54, 1.807) is 17.3 Å². The van der Waals surface area contributed by atoms with Gasteiger partial charge in [0.15, 0.2) is 5.79 Å². The van der Waals surface area contributed by atoms with Gasteiger partial charge in [0, 0.05) is 23.2 Å². The largest absolute Gasteiger partial charge is 0.348 e. The van der Waals surface area contributed by atoms with Crippen LogP contribution in [0.2, 0.25) is 0 Å². The Bertz CT molecular complexity index is 943. The molecule has 4 rings (SSSR count). The van der Waals surface area contributed by atoms with Crippen molar-refractivity contribution >= 4 is 28.1 Å². The predicted molar refractivity (Wildman–Crippen MR) is 104 cm³/mol. The minimum absolute atomic E-state index is 0.0863. The standard InChI is InChI=1S/C20H21N3O3S/c1-20(2)25-13-16(26-20)11-23(12-18-21-7-8-27-18)19(24)15-9-14-5-3-4-6-17(14)22-10-15/h3-10,16H,11-13H2,1-2H3/t16-/m0/s1. The van der Waals surface area contributed by atoms with Crippen LogP contribution in [0.15, 0.2) is 48.1 Å². The Labute approximate surface area is 161 Å². The number of para-hydroxylation sites is 1. The molecule has 2 aromatic heterocycles. The molecule has 0 bridgehead atoms. The van der Waals surface area contributed by atoms with E-state index < -0.39 is 5.79 Å². The maximum atomic E-state index is 13.2. The SMILES string of the molecule is CC1(C)OC[C@H](CN(Cc2nccs2)C(=O)c2cnc3ccccc3c2)O1. The van der Waals surface area contributed by atoms with E-state index in [4.69, 9.17) is 9.47 Å². The molecular formula is C20H21N3O3S. The highest BCUT2D eigenvalue weighted by atomic mass is 32.1. The molecule has 1 aliphatic rings. The Balaban J connectivity index is 1.58. The summed E-state index contributed by atoms with van der Waals surface area (Å²) in [6.45, 7) is 5.10. The van der Waals surface area contributed by atoms with Crippen LogP contribution in [0.4, 0.5) is 0 Å². The second-order valence-electron chi connectivity index (χ2n) is 6.98.